The van der Waals surface area contributed by atoms with Crippen molar-refractivity contribution in [3.05, 3.63) is 29.8 Å². The smallest absolute Gasteiger partial charge is 0.251 e. The minimum atomic E-state index is -0.144. The molecule has 0 saturated carbocycles. The van der Waals surface area contributed by atoms with E-state index in [0.29, 0.717) is 24.5 Å². The highest BCUT2D eigenvalue weighted by Gasteiger charge is 2.09. The molecule has 1 amide bonds. The largest absolute Gasteiger partial charge is 0.383 e. The van der Waals surface area contributed by atoms with E-state index in [9.17, 15) is 4.79 Å². The normalized spacial score (nSPS) is 10.4. The van der Waals surface area contributed by atoms with Gasteiger partial charge in [0.2, 0.25) is 0 Å². The molecular formula is C12H15N5O2. The average Bonchev–Trinajstić information content (AvgIpc) is 2.85. The molecule has 1 heterocycles. The number of ether oxygens (including phenoxy) is 1. The van der Waals surface area contributed by atoms with Gasteiger partial charge in [-0.1, -0.05) is 12.1 Å². The van der Waals surface area contributed by atoms with Crippen LogP contribution in [0.4, 0.5) is 0 Å². The molecule has 0 aliphatic carbocycles. The molecule has 0 aliphatic heterocycles. The van der Waals surface area contributed by atoms with Crippen LogP contribution in [0.3, 0.4) is 0 Å². The number of aromatic nitrogens is 4. The van der Waals surface area contributed by atoms with Crippen LogP contribution in [0.5, 0.6) is 0 Å². The summed E-state index contributed by atoms with van der Waals surface area (Å²) in [6.07, 6.45) is 0. The molecule has 1 aromatic heterocycles. The summed E-state index contributed by atoms with van der Waals surface area (Å²) in [7, 11) is 3.34. The Labute approximate surface area is 110 Å². The highest BCUT2D eigenvalue weighted by Crippen LogP contribution is 2.16. The lowest BCUT2D eigenvalue weighted by Gasteiger charge is -2.06. The van der Waals surface area contributed by atoms with Gasteiger partial charge in [-0.15, -0.1) is 5.10 Å². The van der Waals surface area contributed by atoms with Crippen molar-refractivity contribution in [2.24, 2.45) is 7.05 Å². The summed E-state index contributed by atoms with van der Waals surface area (Å²) < 4.78 is 6.44. The third kappa shape index (κ3) is 3.14. The lowest BCUT2D eigenvalue weighted by molar-refractivity contribution is 0.0937. The van der Waals surface area contributed by atoms with E-state index >= 15 is 0 Å². The number of methoxy groups -OCH3 is 1. The number of nitrogens with zero attached hydrogens (tertiary/aromatic N) is 4. The standard InChI is InChI=1S/C12H15N5O2/c1-17-11(14-15-16-17)9-4-3-5-10(8-9)12(18)13-6-7-19-2/h3-5,8H,6-7H2,1-2H3,(H,13,18). The van der Waals surface area contributed by atoms with Crippen LogP contribution in [0.15, 0.2) is 24.3 Å². The van der Waals surface area contributed by atoms with E-state index < -0.39 is 0 Å². The number of hydrogen-bond donors (Lipinski definition) is 1. The fourth-order valence-electron chi connectivity index (χ4n) is 1.64. The number of tetrazole rings is 1. The molecule has 7 heteroatoms. The van der Waals surface area contributed by atoms with Gasteiger partial charge >= 0.3 is 0 Å². The third-order valence-corrected chi connectivity index (χ3v) is 2.59. The van der Waals surface area contributed by atoms with Gasteiger partial charge in [-0.3, -0.25) is 4.79 Å². The zero-order valence-electron chi connectivity index (χ0n) is 10.8. The van der Waals surface area contributed by atoms with Crippen molar-refractivity contribution in [1.29, 1.82) is 0 Å². The van der Waals surface area contributed by atoms with Crippen molar-refractivity contribution in [3.63, 3.8) is 0 Å². The van der Waals surface area contributed by atoms with Crippen molar-refractivity contribution in [2.45, 2.75) is 0 Å². The van der Waals surface area contributed by atoms with Gasteiger partial charge in [0.15, 0.2) is 5.82 Å². The topological polar surface area (TPSA) is 81.9 Å². The highest BCUT2D eigenvalue weighted by atomic mass is 16.5. The second-order valence-electron chi connectivity index (χ2n) is 3.96. The van der Waals surface area contributed by atoms with Crippen LogP contribution in [-0.4, -0.2) is 46.4 Å². The number of benzene rings is 1. The van der Waals surface area contributed by atoms with Crippen molar-refractivity contribution < 1.29 is 9.53 Å². The molecule has 0 aliphatic rings. The number of carbonyl (C=O) groups excluding carboxylic acids is 1. The Hall–Kier alpha value is -2.28. The molecule has 2 rings (SSSR count). The molecule has 0 unspecified atom stereocenters. The molecule has 100 valence electrons. The first-order valence-corrected chi connectivity index (χ1v) is 5.82. The predicted molar refractivity (Wildman–Crippen MR) is 68.4 cm³/mol. The molecule has 0 bridgehead atoms. The summed E-state index contributed by atoms with van der Waals surface area (Å²) in [6.45, 7) is 0.962. The summed E-state index contributed by atoms with van der Waals surface area (Å²) in [5.41, 5.74) is 1.36. The quantitative estimate of drug-likeness (QED) is 0.780. The summed E-state index contributed by atoms with van der Waals surface area (Å²) in [5.74, 6) is 0.473. The van der Waals surface area contributed by atoms with Crippen LogP contribution in [0, 0.1) is 0 Å². The maximum atomic E-state index is 11.9. The van der Waals surface area contributed by atoms with E-state index in [1.807, 2.05) is 6.07 Å². The number of amides is 1. The van der Waals surface area contributed by atoms with Gasteiger partial charge in [-0.2, -0.15) is 0 Å². The first-order chi connectivity index (χ1) is 9.22. The second-order valence-corrected chi connectivity index (χ2v) is 3.96. The summed E-state index contributed by atoms with van der Waals surface area (Å²) in [5, 5.41) is 14.0. The maximum Gasteiger partial charge on any atom is 0.251 e. The van der Waals surface area contributed by atoms with Gasteiger partial charge in [0.1, 0.15) is 0 Å². The molecule has 2 aromatic rings. The van der Waals surface area contributed by atoms with Crippen molar-refractivity contribution >= 4 is 5.91 Å². The molecule has 19 heavy (non-hydrogen) atoms. The van der Waals surface area contributed by atoms with E-state index in [0.717, 1.165) is 5.56 Å². The number of hydrogen-bond acceptors (Lipinski definition) is 5. The highest BCUT2D eigenvalue weighted by molar-refractivity contribution is 5.95. The lowest BCUT2D eigenvalue weighted by atomic mass is 10.1. The van der Waals surface area contributed by atoms with E-state index in [1.54, 1.807) is 37.0 Å². The average molecular weight is 261 g/mol. The van der Waals surface area contributed by atoms with Crippen molar-refractivity contribution in [2.75, 3.05) is 20.3 Å². The predicted octanol–water partition coefficient (Wildman–Crippen LogP) is 0.253. The summed E-state index contributed by atoms with van der Waals surface area (Å²) >= 11 is 0. The van der Waals surface area contributed by atoms with E-state index in [4.69, 9.17) is 4.74 Å². The van der Waals surface area contributed by atoms with Crippen molar-refractivity contribution in [3.8, 4) is 11.4 Å². The molecule has 0 fully saturated rings. The molecule has 1 aromatic carbocycles. The molecule has 7 nitrogen and oxygen atoms in total. The first-order valence-electron chi connectivity index (χ1n) is 5.82. The molecular weight excluding hydrogens is 246 g/mol. The van der Waals surface area contributed by atoms with Gasteiger partial charge < -0.3 is 10.1 Å². The Bertz CT molecular complexity index is 567. The van der Waals surface area contributed by atoms with Crippen LogP contribution in [0.1, 0.15) is 10.4 Å². The lowest BCUT2D eigenvalue weighted by Crippen LogP contribution is -2.26. The van der Waals surface area contributed by atoms with Crippen LogP contribution in [0.2, 0.25) is 0 Å². The summed E-state index contributed by atoms with van der Waals surface area (Å²) in [4.78, 5) is 11.9. The van der Waals surface area contributed by atoms with E-state index in [-0.39, 0.29) is 5.91 Å². The SMILES string of the molecule is COCCNC(=O)c1cccc(-c2nnnn2C)c1. The first kappa shape index (κ1) is 13.2. The van der Waals surface area contributed by atoms with Crippen LogP contribution in [-0.2, 0) is 11.8 Å². The zero-order chi connectivity index (χ0) is 13.7. The van der Waals surface area contributed by atoms with Gasteiger partial charge in [0.05, 0.1) is 6.61 Å². The van der Waals surface area contributed by atoms with Crippen LogP contribution in [0.25, 0.3) is 11.4 Å². The Morgan fingerprint density at radius 1 is 1.47 bits per heavy atom. The van der Waals surface area contributed by atoms with Gasteiger partial charge in [0, 0.05) is 31.8 Å². The molecule has 0 saturated heterocycles. The van der Waals surface area contributed by atoms with E-state index in [2.05, 4.69) is 20.8 Å². The van der Waals surface area contributed by atoms with E-state index in [1.165, 1.54) is 0 Å². The maximum absolute atomic E-state index is 11.9. The van der Waals surface area contributed by atoms with Crippen LogP contribution < -0.4 is 5.32 Å². The molecule has 0 radical (unpaired) electrons. The van der Waals surface area contributed by atoms with Gasteiger partial charge in [0.25, 0.3) is 5.91 Å². The minimum Gasteiger partial charge on any atom is -0.383 e. The van der Waals surface area contributed by atoms with Crippen LogP contribution >= 0.6 is 0 Å². The van der Waals surface area contributed by atoms with Gasteiger partial charge in [-0.25, -0.2) is 4.68 Å². The zero-order valence-corrected chi connectivity index (χ0v) is 10.8. The Balaban J connectivity index is 2.16. The fourth-order valence-corrected chi connectivity index (χ4v) is 1.64. The van der Waals surface area contributed by atoms with Crippen molar-refractivity contribution in [1.82, 2.24) is 25.5 Å². The molecule has 1 N–H and O–H groups in total. The fraction of sp³-hybridized carbons (Fsp3) is 0.333. The number of nitrogens with one attached hydrogen (secondary N) is 1. The number of aryl methyl sites for hydroxylation is 1. The van der Waals surface area contributed by atoms with Gasteiger partial charge in [-0.05, 0) is 22.6 Å². The minimum absolute atomic E-state index is 0.144. The Kier molecular flexibility index (Phi) is 4.19. The number of rotatable bonds is 5. The monoisotopic (exact) mass is 261 g/mol. The molecule has 0 spiro atoms. The Morgan fingerprint density at radius 3 is 3.00 bits per heavy atom. The molecule has 0 atom stereocenters. The Morgan fingerprint density at radius 2 is 2.32 bits per heavy atom. The number of carbonyl (C=O) groups is 1. The third-order valence-electron chi connectivity index (χ3n) is 2.59. The summed E-state index contributed by atoms with van der Waals surface area (Å²) in [6, 6.07) is 7.16. The second kappa shape index (κ2) is 6.05.